The van der Waals surface area contributed by atoms with E-state index < -0.39 is 17.5 Å². The fourth-order valence-electron chi connectivity index (χ4n) is 4.08. The summed E-state index contributed by atoms with van der Waals surface area (Å²) in [4.78, 5) is 28.6. The molecule has 2 aromatic rings. The summed E-state index contributed by atoms with van der Waals surface area (Å²) in [6.45, 7) is 3.69. The maximum absolute atomic E-state index is 14.0. The minimum Gasteiger partial charge on any atom is -0.493 e. The normalized spacial score (nSPS) is 19.0. The van der Waals surface area contributed by atoms with Gasteiger partial charge in [0, 0.05) is 43.7 Å². The molecule has 0 saturated carbocycles. The quantitative estimate of drug-likeness (QED) is 0.710. The number of morpholine rings is 1. The van der Waals surface area contributed by atoms with E-state index in [4.69, 9.17) is 9.47 Å². The van der Waals surface area contributed by atoms with Crippen molar-refractivity contribution in [3.05, 3.63) is 65.2 Å². The summed E-state index contributed by atoms with van der Waals surface area (Å²) in [6.07, 6.45) is 1.68. The Morgan fingerprint density at radius 3 is 2.44 bits per heavy atom. The van der Waals surface area contributed by atoms with E-state index in [1.165, 1.54) is 6.07 Å². The summed E-state index contributed by atoms with van der Waals surface area (Å²) in [6, 6.07) is 10.1. The van der Waals surface area contributed by atoms with E-state index >= 15 is 0 Å². The van der Waals surface area contributed by atoms with Gasteiger partial charge < -0.3 is 19.3 Å². The van der Waals surface area contributed by atoms with E-state index in [9.17, 15) is 18.4 Å². The molecule has 2 saturated heterocycles. The molecule has 2 aromatic carbocycles. The second kappa shape index (κ2) is 10.1. The molecule has 0 aromatic heterocycles. The molecule has 0 bridgehead atoms. The summed E-state index contributed by atoms with van der Waals surface area (Å²) >= 11 is 0. The number of hydrogen-bond acceptors (Lipinski definition) is 4. The largest absolute Gasteiger partial charge is 0.493 e. The number of carbonyl (C=O) groups excluding carboxylic acids is 2. The first kappa shape index (κ1) is 22.2. The van der Waals surface area contributed by atoms with Crippen LogP contribution in [0.5, 0.6) is 5.75 Å². The van der Waals surface area contributed by atoms with Crippen LogP contribution in [0.15, 0.2) is 42.5 Å². The van der Waals surface area contributed by atoms with Crippen molar-refractivity contribution in [1.29, 1.82) is 0 Å². The molecular weight excluding hydrogens is 418 g/mol. The Kier molecular flexibility index (Phi) is 6.99. The molecule has 0 aliphatic carbocycles. The molecule has 32 heavy (non-hydrogen) atoms. The molecule has 2 aliphatic heterocycles. The number of ether oxygens (including phenoxy) is 2. The predicted octanol–water partition coefficient (Wildman–Crippen LogP) is 3.37. The van der Waals surface area contributed by atoms with Gasteiger partial charge in [0.2, 0.25) is 0 Å². The Labute approximate surface area is 185 Å². The van der Waals surface area contributed by atoms with E-state index in [1.54, 1.807) is 34.1 Å². The SMILES string of the molecule is O=C(c1ccc(OC[C@H]2CCCN(C(=O)c3ccc(F)cc3F)C2)cc1)N1CCOCC1. The maximum atomic E-state index is 14.0. The van der Waals surface area contributed by atoms with Crippen LogP contribution in [0.3, 0.4) is 0 Å². The van der Waals surface area contributed by atoms with Gasteiger partial charge in [-0.25, -0.2) is 8.78 Å². The number of benzene rings is 2. The number of amides is 2. The molecule has 0 radical (unpaired) electrons. The number of piperidine rings is 1. The molecule has 0 spiro atoms. The number of rotatable bonds is 5. The summed E-state index contributed by atoms with van der Waals surface area (Å²) in [5.41, 5.74) is 0.489. The van der Waals surface area contributed by atoms with E-state index in [0.29, 0.717) is 57.3 Å². The van der Waals surface area contributed by atoms with Crippen molar-refractivity contribution in [1.82, 2.24) is 9.80 Å². The molecule has 2 heterocycles. The average molecular weight is 444 g/mol. The Hall–Kier alpha value is -3.00. The van der Waals surface area contributed by atoms with Crippen LogP contribution < -0.4 is 4.74 Å². The highest BCUT2D eigenvalue weighted by Gasteiger charge is 2.27. The topological polar surface area (TPSA) is 59.1 Å². The van der Waals surface area contributed by atoms with Crippen LogP contribution >= 0.6 is 0 Å². The van der Waals surface area contributed by atoms with Gasteiger partial charge in [0.1, 0.15) is 17.4 Å². The monoisotopic (exact) mass is 444 g/mol. The summed E-state index contributed by atoms with van der Waals surface area (Å²) < 4.78 is 38.3. The first-order valence-electron chi connectivity index (χ1n) is 10.9. The van der Waals surface area contributed by atoms with Crippen LogP contribution in [0.1, 0.15) is 33.6 Å². The highest BCUT2D eigenvalue weighted by atomic mass is 19.1. The lowest BCUT2D eigenvalue weighted by Crippen LogP contribution is -2.41. The van der Waals surface area contributed by atoms with Gasteiger partial charge in [-0.3, -0.25) is 9.59 Å². The van der Waals surface area contributed by atoms with Crippen LogP contribution in [-0.4, -0.2) is 67.6 Å². The highest BCUT2D eigenvalue weighted by molar-refractivity contribution is 5.95. The first-order chi connectivity index (χ1) is 15.5. The van der Waals surface area contributed by atoms with Crippen molar-refractivity contribution in [2.24, 2.45) is 5.92 Å². The Morgan fingerprint density at radius 1 is 0.969 bits per heavy atom. The van der Waals surface area contributed by atoms with Crippen molar-refractivity contribution in [3.8, 4) is 5.75 Å². The van der Waals surface area contributed by atoms with Gasteiger partial charge in [-0.15, -0.1) is 0 Å². The average Bonchev–Trinajstić information content (AvgIpc) is 2.83. The predicted molar refractivity (Wildman–Crippen MR) is 114 cm³/mol. The van der Waals surface area contributed by atoms with Crippen LogP contribution in [0, 0.1) is 17.6 Å². The Balaban J connectivity index is 1.30. The standard InChI is InChI=1S/C24H26F2N2O4/c25-19-5-8-21(22(26)14-19)24(30)28-9-1-2-17(15-28)16-32-20-6-3-18(4-7-20)23(29)27-10-12-31-13-11-27/h3-8,14,17H,1-2,9-13,15-16H2/t17-/m0/s1. The molecule has 4 rings (SSSR count). The zero-order chi connectivity index (χ0) is 22.5. The summed E-state index contributed by atoms with van der Waals surface area (Å²) in [5, 5.41) is 0. The van der Waals surface area contributed by atoms with Gasteiger partial charge in [-0.2, -0.15) is 0 Å². The van der Waals surface area contributed by atoms with Crippen molar-refractivity contribution in [2.45, 2.75) is 12.8 Å². The lowest BCUT2D eigenvalue weighted by atomic mass is 9.98. The van der Waals surface area contributed by atoms with E-state index in [2.05, 4.69) is 0 Å². The molecule has 6 nitrogen and oxygen atoms in total. The molecule has 2 aliphatic rings. The van der Waals surface area contributed by atoms with Gasteiger partial charge in [-0.1, -0.05) is 0 Å². The third-order valence-corrected chi connectivity index (χ3v) is 5.85. The minimum absolute atomic E-state index is 0.0192. The minimum atomic E-state index is -0.847. The molecule has 0 N–H and O–H groups in total. The van der Waals surface area contributed by atoms with Crippen molar-refractivity contribution in [2.75, 3.05) is 46.0 Å². The van der Waals surface area contributed by atoms with E-state index in [-0.39, 0.29) is 17.4 Å². The molecular formula is C24H26F2N2O4. The van der Waals surface area contributed by atoms with E-state index in [1.807, 2.05) is 0 Å². The number of carbonyl (C=O) groups is 2. The van der Waals surface area contributed by atoms with Crippen molar-refractivity contribution in [3.63, 3.8) is 0 Å². The molecule has 170 valence electrons. The zero-order valence-electron chi connectivity index (χ0n) is 17.8. The first-order valence-corrected chi connectivity index (χ1v) is 10.9. The lowest BCUT2D eigenvalue weighted by molar-refractivity contribution is 0.0303. The summed E-state index contributed by atoms with van der Waals surface area (Å²) in [5.74, 6) is -1.25. The Morgan fingerprint density at radius 2 is 1.72 bits per heavy atom. The highest BCUT2D eigenvalue weighted by Crippen LogP contribution is 2.22. The number of likely N-dealkylation sites (tertiary alicyclic amines) is 1. The smallest absolute Gasteiger partial charge is 0.256 e. The van der Waals surface area contributed by atoms with Gasteiger partial charge in [0.15, 0.2) is 0 Å². The second-order valence-corrected chi connectivity index (χ2v) is 8.12. The van der Waals surface area contributed by atoms with Crippen molar-refractivity contribution < 1.29 is 27.8 Å². The Bertz CT molecular complexity index is 961. The maximum Gasteiger partial charge on any atom is 0.256 e. The van der Waals surface area contributed by atoms with Crippen LogP contribution in [0.25, 0.3) is 0 Å². The number of nitrogens with zero attached hydrogens (tertiary/aromatic N) is 2. The molecule has 0 unspecified atom stereocenters. The van der Waals surface area contributed by atoms with Crippen LogP contribution in [-0.2, 0) is 4.74 Å². The second-order valence-electron chi connectivity index (χ2n) is 8.12. The van der Waals surface area contributed by atoms with Crippen LogP contribution in [0.2, 0.25) is 0 Å². The van der Waals surface area contributed by atoms with Crippen molar-refractivity contribution >= 4 is 11.8 Å². The fraction of sp³-hybridized carbons (Fsp3) is 0.417. The molecule has 2 amide bonds. The molecule has 1 atom stereocenters. The number of halogens is 2. The summed E-state index contributed by atoms with van der Waals surface area (Å²) in [7, 11) is 0. The molecule has 8 heteroatoms. The van der Waals surface area contributed by atoms with Crippen LogP contribution in [0.4, 0.5) is 8.78 Å². The third-order valence-electron chi connectivity index (χ3n) is 5.85. The third kappa shape index (κ3) is 5.24. The zero-order valence-corrected chi connectivity index (χ0v) is 17.8. The van der Waals surface area contributed by atoms with Gasteiger partial charge in [0.25, 0.3) is 11.8 Å². The fourth-order valence-corrected chi connectivity index (χ4v) is 4.08. The van der Waals surface area contributed by atoms with Gasteiger partial charge in [0.05, 0.1) is 25.4 Å². The van der Waals surface area contributed by atoms with E-state index in [0.717, 1.165) is 25.0 Å². The molecule has 2 fully saturated rings. The van der Waals surface area contributed by atoms with Gasteiger partial charge >= 0.3 is 0 Å². The van der Waals surface area contributed by atoms with Gasteiger partial charge in [-0.05, 0) is 49.2 Å². The lowest BCUT2D eigenvalue weighted by Gasteiger charge is -2.32. The number of hydrogen-bond donors (Lipinski definition) is 0.